The average molecular weight is 271 g/mol. The fourth-order valence-corrected chi connectivity index (χ4v) is 2.06. The third-order valence-electron chi connectivity index (χ3n) is 3.04. The van der Waals surface area contributed by atoms with Crippen LogP contribution in [0.15, 0.2) is 42.5 Å². The Labute approximate surface area is 120 Å². The zero-order valence-electron chi connectivity index (χ0n) is 12.3. The van der Waals surface area contributed by atoms with Crippen LogP contribution in [0, 0.1) is 6.92 Å². The van der Waals surface area contributed by atoms with Crippen LogP contribution >= 0.6 is 0 Å². The Bertz CT molecular complexity index is 567. The van der Waals surface area contributed by atoms with Gasteiger partial charge in [0, 0.05) is 12.2 Å². The Balaban J connectivity index is 2.06. The van der Waals surface area contributed by atoms with E-state index in [2.05, 4.69) is 42.6 Å². The van der Waals surface area contributed by atoms with Crippen molar-refractivity contribution in [2.24, 2.45) is 0 Å². The number of rotatable bonds is 6. The van der Waals surface area contributed by atoms with E-state index >= 15 is 0 Å². The Morgan fingerprint density at radius 3 is 2.60 bits per heavy atom. The molecule has 0 atom stereocenters. The number of nitrogens with one attached hydrogen (secondary N) is 1. The molecule has 0 aliphatic carbocycles. The smallest absolute Gasteiger partial charge is 0.161 e. The van der Waals surface area contributed by atoms with Gasteiger partial charge in [-0.25, -0.2) is 0 Å². The van der Waals surface area contributed by atoms with E-state index in [-0.39, 0.29) is 0 Å². The average Bonchev–Trinajstić information content (AvgIpc) is 2.46. The van der Waals surface area contributed by atoms with Crippen molar-refractivity contribution in [2.45, 2.75) is 20.4 Å². The molecule has 20 heavy (non-hydrogen) atoms. The molecule has 0 aliphatic rings. The summed E-state index contributed by atoms with van der Waals surface area (Å²) in [6.45, 7) is 5.45. The molecule has 0 fully saturated rings. The summed E-state index contributed by atoms with van der Waals surface area (Å²) in [4.78, 5) is 0. The van der Waals surface area contributed by atoms with Crippen molar-refractivity contribution < 1.29 is 9.47 Å². The maximum absolute atomic E-state index is 5.52. The van der Waals surface area contributed by atoms with Crippen molar-refractivity contribution in [3.05, 3.63) is 53.6 Å². The van der Waals surface area contributed by atoms with Gasteiger partial charge in [0.15, 0.2) is 11.5 Å². The zero-order valence-corrected chi connectivity index (χ0v) is 12.3. The summed E-state index contributed by atoms with van der Waals surface area (Å²) in [7, 11) is 1.66. The van der Waals surface area contributed by atoms with Crippen LogP contribution in [0.25, 0.3) is 0 Å². The molecule has 2 rings (SSSR count). The van der Waals surface area contributed by atoms with E-state index < -0.39 is 0 Å². The molecule has 2 aromatic rings. The number of ether oxygens (including phenoxy) is 2. The minimum absolute atomic E-state index is 0.636. The summed E-state index contributed by atoms with van der Waals surface area (Å²) >= 11 is 0. The van der Waals surface area contributed by atoms with E-state index in [1.165, 1.54) is 5.56 Å². The first-order chi connectivity index (χ1) is 9.72. The molecular weight excluding hydrogens is 250 g/mol. The van der Waals surface area contributed by atoms with Crippen molar-refractivity contribution in [2.75, 3.05) is 19.0 Å². The van der Waals surface area contributed by atoms with Gasteiger partial charge in [0.05, 0.1) is 13.7 Å². The van der Waals surface area contributed by atoms with Crippen LogP contribution in [0.4, 0.5) is 5.69 Å². The number of anilines is 1. The third kappa shape index (κ3) is 3.67. The van der Waals surface area contributed by atoms with E-state index in [9.17, 15) is 0 Å². The van der Waals surface area contributed by atoms with Crippen molar-refractivity contribution in [3.63, 3.8) is 0 Å². The second kappa shape index (κ2) is 6.85. The van der Waals surface area contributed by atoms with Gasteiger partial charge in [-0.2, -0.15) is 0 Å². The number of benzene rings is 2. The standard InChI is InChI=1S/C17H21NO2/c1-4-20-16-9-8-14(11-17(16)19-3)12-18-15-7-5-6-13(2)10-15/h5-11,18H,4,12H2,1-3H3. The van der Waals surface area contributed by atoms with Crippen molar-refractivity contribution in [3.8, 4) is 11.5 Å². The molecular formula is C17H21NO2. The summed E-state index contributed by atoms with van der Waals surface area (Å²) in [5.41, 5.74) is 3.53. The molecule has 3 heteroatoms. The van der Waals surface area contributed by atoms with Crippen LogP contribution < -0.4 is 14.8 Å². The van der Waals surface area contributed by atoms with Gasteiger partial charge in [-0.1, -0.05) is 18.2 Å². The molecule has 0 spiro atoms. The van der Waals surface area contributed by atoms with Gasteiger partial charge in [0.2, 0.25) is 0 Å². The van der Waals surface area contributed by atoms with Gasteiger partial charge in [0.1, 0.15) is 0 Å². The van der Waals surface area contributed by atoms with Crippen molar-refractivity contribution in [1.82, 2.24) is 0 Å². The Hall–Kier alpha value is -2.16. The molecule has 106 valence electrons. The fourth-order valence-electron chi connectivity index (χ4n) is 2.06. The van der Waals surface area contributed by atoms with Gasteiger partial charge < -0.3 is 14.8 Å². The van der Waals surface area contributed by atoms with Gasteiger partial charge >= 0.3 is 0 Å². The van der Waals surface area contributed by atoms with Crippen LogP contribution in [0.5, 0.6) is 11.5 Å². The van der Waals surface area contributed by atoms with Gasteiger partial charge in [0.25, 0.3) is 0 Å². The van der Waals surface area contributed by atoms with Crippen LogP contribution in [0.3, 0.4) is 0 Å². The predicted molar refractivity (Wildman–Crippen MR) is 82.7 cm³/mol. The van der Waals surface area contributed by atoms with E-state index in [4.69, 9.17) is 9.47 Å². The minimum atomic E-state index is 0.636. The second-order valence-corrected chi connectivity index (χ2v) is 4.64. The van der Waals surface area contributed by atoms with E-state index in [0.717, 1.165) is 29.3 Å². The maximum atomic E-state index is 5.52. The van der Waals surface area contributed by atoms with E-state index in [1.807, 2.05) is 19.1 Å². The molecule has 0 heterocycles. The maximum Gasteiger partial charge on any atom is 0.161 e. The van der Waals surface area contributed by atoms with E-state index in [0.29, 0.717) is 6.61 Å². The van der Waals surface area contributed by atoms with Crippen molar-refractivity contribution in [1.29, 1.82) is 0 Å². The first kappa shape index (κ1) is 14.3. The van der Waals surface area contributed by atoms with Gasteiger partial charge in [-0.05, 0) is 49.2 Å². The lowest BCUT2D eigenvalue weighted by atomic mass is 10.2. The zero-order chi connectivity index (χ0) is 14.4. The number of methoxy groups -OCH3 is 1. The lowest BCUT2D eigenvalue weighted by Crippen LogP contribution is -2.01. The summed E-state index contributed by atoms with van der Waals surface area (Å²) < 4.78 is 10.9. The Kier molecular flexibility index (Phi) is 4.88. The SMILES string of the molecule is CCOc1ccc(CNc2cccc(C)c2)cc1OC. The largest absolute Gasteiger partial charge is 0.493 e. The molecule has 0 aliphatic heterocycles. The highest BCUT2D eigenvalue weighted by atomic mass is 16.5. The summed E-state index contributed by atoms with van der Waals surface area (Å²) in [5, 5.41) is 3.41. The molecule has 0 unspecified atom stereocenters. The quantitative estimate of drug-likeness (QED) is 0.861. The fraction of sp³-hybridized carbons (Fsp3) is 0.294. The summed E-state index contributed by atoms with van der Waals surface area (Å²) in [5.74, 6) is 1.56. The second-order valence-electron chi connectivity index (χ2n) is 4.64. The van der Waals surface area contributed by atoms with Crippen LogP contribution in [-0.4, -0.2) is 13.7 Å². The number of hydrogen-bond acceptors (Lipinski definition) is 3. The molecule has 0 aromatic heterocycles. The first-order valence-electron chi connectivity index (χ1n) is 6.83. The normalized spacial score (nSPS) is 10.2. The molecule has 2 aromatic carbocycles. The molecule has 0 radical (unpaired) electrons. The minimum Gasteiger partial charge on any atom is -0.493 e. The molecule has 1 N–H and O–H groups in total. The van der Waals surface area contributed by atoms with Gasteiger partial charge in [-0.15, -0.1) is 0 Å². The molecule has 0 amide bonds. The summed E-state index contributed by atoms with van der Waals surface area (Å²) in [6.07, 6.45) is 0. The van der Waals surface area contributed by atoms with Gasteiger partial charge in [-0.3, -0.25) is 0 Å². The highest BCUT2D eigenvalue weighted by molar-refractivity contribution is 5.48. The summed E-state index contributed by atoms with van der Waals surface area (Å²) in [6, 6.07) is 14.4. The third-order valence-corrected chi connectivity index (χ3v) is 3.04. The molecule has 0 saturated carbocycles. The highest BCUT2D eigenvalue weighted by Gasteiger charge is 2.05. The molecule has 0 saturated heterocycles. The lowest BCUT2D eigenvalue weighted by molar-refractivity contribution is 0.310. The van der Waals surface area contributed by atoms with Crippen LogP contribution in [-0.2, 0) is 6.54 Å². The number of hydrogen-bond donors (Lipinski definition) is 1. The predicted octanol–water partition coefficient (Wildman–Crippen LogP) is 4.01. The number of aryl methyl sites for hydroxylation is 1. The Morgan fingerprint density at radius 2 is 1.90 bits per heavy atom. The van der Waals surface area contributed by atoms with E-state index in [1.54, 1.807) is 7.11 Å². The van der Waals surface area contributed by atoms with Crippen LogP contribution in [0.2, 0.25) is 0 Å². The monoisotopic (exact) mass is 271 g/mol. The molecule has 3 nitrogen and oxygen atoms in total. The molecule has 0 bridgehead atoms. The topological polar surface area (TPSA) is 30.5 Å². The lowest BCUT2D eigenvalue weighted by Gasteiger charge is -2.12. The highest BCUT2D eigenvalue weighted by Crippen LogP contribution is 2.28. The van der Waals surface area contributed by atoms with Crippen LogP contribution in [0.1, 0.15) is 18.1 Å². The Morgan fingerprint density at radius 1 is 1.05 bits per heavy atom. The first-order valence-corrected chi connectivity index (χ1v) is 6.83. The van der Waals surface area contributed by atoms with Crippen molar-refractivity contribution >= 4 is 5.69 Å².